The summed E-state index contributed by atoms with van der Waals surface area (Å²) in [6.07, 6.45) is 1.79. The van der Waals surface area contributed by atoms with E-state index in [0.29, 0.717) is 17.9 Å². The molecule has 1 unspecified atom stereocenters. The number of rotatable bonds is 8. The molecule has 1 heterocycles. The predicted molar refractivity (Wildman–Crippen MR) is 107 cm³/mol. The zero-order valence-electron chi connectivity index (χ0n) is 15.5. The van der Waals surface area contributed by atoms with Crippen molar-refractivity contribution in [3.05, 3.63) is 84.3 Å². The number of sulfonamides is 1. The van der Waals surface area contributed by atoms with Crippen LogP contribution >= 0.6 is 0 Å². The summed E-state index contributed by atoms with van der Waals surface area (Å²) >= 11 is 0. The summed E-state index contributed by atoms with van der Waals surface area (Å²) in [5.41, 5.74) is 1.52. The first-order valence-electron chi connectivity index (χ1n) is 8.91. The lowest BCUT2D eigenvalue weighted by Gasteiger charge is -2.13. The Bertz CT molecular complexity index is 1020. The Morgan fingerprint density at radius 3 is 2.54 bits per heavy atom. The summed E-state index contributed by atoms with van der Waals surface area (Å²) in [5, 5.41) is 2.78. The van der Waals surface area contributed by atoms with E-state index in [9.17, 15) is 13.2 Å². The number of furan rings is 1. The highest BCUT2D eigenvalue weighted by Gasteiger charge is 2.16. The van der Waals surface area contributed by atoms with Gasteiger partial charge in [-0.15, -0.1) is 0 Å². The second-order valence-electron chi connectivity index (χ2n) is 6.50. The third kappa shape index (κ3) is 5.31. The number of carbonyl (C=O) groups is 1. The average molecular weight is 398 g/mol. The molecule has 0 spiro atoms. The molecule has 3 aromatic rings. The van der Waals surface area contributed by atoms with E-state index in [1.54, 1.807) is 24.3 Å². The highest BCUT2D eigenvalue weighted by atomic mass is 32.2. The van der Waals surface area contributed by atoms with Crippen molar-refractivity contribution in [2.45, 2.75) is 30.7 Å². The predicted octanol–water partition coefficient (Wildman–Crippen LogP) is 3.89. The number of benzene rings is 2. The minimum absolute atomic E-state index is 0.0561. The summed E-state index contributed by atoms with van der Waals surface area (Å²) in [7, 11) is -3.72. The van der Waals surface area contributed by atoms with Gasteiger partial charge in [0.05, 0.1) is 17.7 Å². The van der Waals surface area contributed by atoms with Gasteiger partial charge in [0.15, 0.2) is 0 Å². The van der Waals surface area contributed by atoms with Crippen LogP contribution in [-0.4, -0.2) is 14.3 Å². The Balaban J connectivity index is 1.63. The second-order valence-corrected chi connectivity index (χ2v) is 8.26. The van der Waals surface area contributed by atoms with Crippen LogP contribution in [0.5, 0.6) is 0 Å². The molecule has 28 heavy (non-hydrogen) atoms. The number of anilines is 1. The van der Waals surface area contributed by atoms with E-state index in [1.807, 2.05) is 37.3 Å². The number of hydrogen-bond acceptors (Lipinski definition) is 4. The molecule has 0 saturated carbocycles. The standard InChI is InChI=1S/C21H22N2O4S/c1-16(17-7-3-2-4-8-17)13-21(24)23-18-9-5-11-20(14-18)28(25,26)22-15-19-10-6-12-27-19/h2-12,14,16,22H,13,15H2,1H3,(H,23,24). The van der Waals surface area contributed by atoms with E-state index >= 15 is 0 Å². The Hall–Kier alpha value is -2.90. The lowest BCUT2D eigenvalue weighted by molar-refractivity contribution is -0.116. The summed E-state index contributed by atoms with van der Waals surface area (Å²) in [4.78, 5) is 12.4. The molecule has 7 heteroatoms. The van der Waals surface area contributed by atoms with Crippen LogP contribution in [0.4, 0.5) is 5.69 Å². The fourth-order valence-corrected chi connectivity index (χ4v) is 3.83. The number of hydrogen-bond donors (Lipinski definition) is 2. The van der Waals surface area contributed by atoms with Gasteiger partial charge in [-0.1, -0.05) is 43.3 Å². The molecule has 3 rings (SSSR count). The van der Waals surface area contributed by atoms with E-state index < -0.39 is 10.0 Å². The normalized spacial score (nSPS) is 12.5. The molecular formula is C21H22N2O4S. The topological polar surface area (TPSA) is 88.4 Å². The lowest BCUT2D eigenvalue weighted by atomic mass is 9.97. The first kappa shape index (κ1) is 19.9. The SMILES string of the molecule is CC(CC(=O)Nc1cccc(S(=O)(=O)NCc2ccco2)c1)c1ccccc1. The minimum Gasteiger partial charge on any atom is -0.468 e. The Labute approximate surface area is 164 Å². The zero-order chi connectivity index (χ0) is 20.0. The second kappa shape index (κ2) is 8.86. The Morgan fingerprint density at radius 2 is 1.82 bits per heavy atom. The van der Waals surface area contributed by atoms with Crippen LogP contribution in [0.2, 0.25) is 0 Å². The van der Waals surface area contributed by atoms with Crippen molar-refractivity contribution in [3.63, 3.8) is 0 Å². The minimum atomic E-state index is -3.72. The van der Waals surface area contributed by atoms with Crippen LogP contribution in [0.15, 0.2) is 82.3 Å². The van der Waals surface area contributed by atoms with Gasteiger partial charge in [0.1, 0.15) is 5.76 Å². The largest absolute Gasteiger partial charge is 0.468 e. The van der Waals surface area contributed by atoms with Crippen LogP contribution in [0.25, 0.3) is 0 Å². The average Bonchev–Trinajstić information content (AvgIpc) is 3.21. The van der Waals surface area contributed by atoms with Crippen LogP contribution in [-0.2, 0) is 21.4 Å². The quantitative estimate of drug-likeness (QED) is 0.602. The maximum atomic E-state index is 12.5. The third-order valence-corrected chi connectivity index (χ3v) is 5.70. The van der Waals surface area contributed by atoms with Crippen LogP contribution in [0, 0.1) is 0 Å². The van der Waals surface area contributed by atoms with Gasteiger partial charge < -0.3 is 9.73 Å². The smallest absolute Gasteiger partial charge is 0.241 e. The molecule has 0 fully saturated rings. The fourth-order valence-electron chi connectivity index (χ4n) is 2.79. The summed E-state index contributed by atoms with van der Waals surface area (Å²) in [6, 6.07) is 19.3. The summed E-state index contributed by atoms with van der Waals surface area (Å²) < 4.78 is 32.5. The molecule has 0 aliphatic carbocycles. The van der Waals surface area contributed by atoms with Gasteiger partial charge >= 0.3 is 0 Å². The monoisotopic (exact) mass is 398 g/mol. The van der Waals surface area contributed by atoms with Gasteiger partial charge in [-0.3, -0.25) is 4.79 Å². The first-order chi connectivity index (χ1) is 13.4. The highest BCUT2D eigenvalue weighted by molar-refractivity contribution is 7.89. The van der Waals surface area contributed by atoms with Crippen molar-refractivity contribution in [1.82, 2.24) is 4.72 Å². The zero-order valence-corrected chi connectivity index (χ0v) is 16.3. The molecule has 0 radical (unpaired) electrons. The molecule has 1 aromatic heterocycles. The van der Waals surface area contributed by atoms with Crippen molar-refractivity contribution in [2.75, 3.05) is 5.32 Å². The Morgan fingerprint density at radius 1 is 1.04 bits per heavy atom. The molecule has 0 bridgehead atoms. The maximum Gasteiger partial charge on any atom is 0.241 e. The van der Waals surface area contributed by atoms with E-state index in [1.165, 1.54) is 18.4 Å². The highest BCUT2D eigenvalue weighted by Crippen LogP contribution is 2.21. The van der Waals surface area contributed by atoms with Gasteiger partial charge in [0.25, 0.3) is 0 Å². The van der Waals surface area contributed by atoms with E-state index in [0.717, 1.165) is 5.56 Å². The van der Waals surface area contributed by atoms with Crippen molar-refractivity contribution < 1.29 is 17.6 Å². The molecule has 2 N–H and O–H groups in total. The summed E-state index contributed by atoms with van der Waals surface area (Å²) in [6.45, 7) is 2.04. The van der Waals surface area contributed by atoms with Crippen LogP contribution in [0.1, 0.15) is 30.6 Å². The van der Waals surface area contributed by atoms with Crippen LogP contribution < -0.4 is 10.0 Å². The molecule has 2 aromatic carbocycles. The molecule has 1 amide bonds. The van der Waals surface area contributed by atoms with E-state index in [4.69, 9.17) is 4.42 Å². The summed E-state index contributed by atoms with van der Waals surface area (Å²) in [5.74, 6) is 0.403. The van der Waals surface area contributed by atoms with Gasteiger partial charge in [0, 0.05) is 12.1 Å². The van der Waals surface area contributed by atoms with Gasteiger partial charge in [0.2, 0.25) is 15.9 Å². The van der Waals surface area contributed by atoms with E-state index in [-0.39, 0.29) is 23.3 Å². The maximum absolute atomic E-state index is 12.5. The number of amides is 1. The molecule has 146 valence electrons. The van der Waals surface area contributed by atoms with Crippen LogP contribution in [0.3, 0.4) is 0 Å². The van der Waals surface area contributed by atoms with Crippen molar-refractivity contribution in [1.29, 1.82) is 0 Å². The number of carbonyl (C=O) groups excluding carboxylic acids is 1. The van der Waals surface area contributed by atoms with Crippen molar-refractivity contribution >= 4 is 21.6 Å². The molecule has 0 aliphatic heterocycles. The van der Waals surface area contributed by atoms with Crippen molar-refractivity contribution in [3.8, 4) is 0 Å². The first-order valence-corrected chi connectivity index (χ1v) is 10.4. The lowest BCUT2D eigenvalue weighted by Crippen LogP contribution is -2.23. The molecule has 1 atom stereocenters. The van der Waals surface area contributed by atoms with Gasteiger partial charge in [-0.25, -0.2) is 13.1 Å². The van der Waals surface area contributed by atoms with Gasteiger partial charge in [-0.2, -0.15) is 0 Å². The third-order valence-electron chi connectivity index (χ3n) is 4.30. The molecule has 0 saturated heterocycles. The molecule has 6 nitrogen and oxygen atoms in total. The van der Waals surface area contributed by atoms with Gasteiger partial charge in [-0.05, 0) is 41.8 Å². The fraction of sp³-hybridized carbons (Fsp3) is 0.190. The molecule has 0 aliphatic rings. The van der Waals surface area contributed by atoms with Crippen molar-refractivity contribution in [2.24, 2.45) is 0 Å². The Kier molecular flexibility index (Phi) is 6.28. The molecular weight excluding hydrogens is 376 g/mol. The number of nitrogens with one attached hydrogen (secondary N) is 2. The van der Waals surface area contributed by atoms with E-state index in [2.05, 4.69) is 10.0 Å².